The molecule has 0 atom stereocenters. The van der Waals surface area contributed by atoms with E-state index in [2.05, 4.69) is 20.6 Å². The first-order valence-corrected chi connectivity index (χ1v) is 15.5. The van der Waals surface area contributed by atoms with Crippen LogP contribution in [0.4, 0.5) is 11.4 Å². The molecule has 10 heteroatoms. The van der Waals surface area contributed by atoms with Gasteiger partial charge in [0, 0.05) is 56.6 Å². The van der Waals surface area contributed by atoms with Gasteiger partial charge in [0.05, 0.1) is 11.9 Å². The van der Waals surface area contributed by atoms with Crippen molar-refractivity contribution in [3.05, 3.63) is 166 Å². The number of carbonyl (C=O) groups excluding carboxylic acids is 2. The number of benzene rings is 4. The Hall–Kier alpha value is -5.70. The van der Waals surface area contributed by atoms with Gasteiger partial charge in [-0.15, -0.1) is 0 Å². The fourth-order valence-corrected chi connectivity index (χ4v) is 4.68. The molecule has 0 aliphatic heterocycles. The molecule has 0 aliphatic carbocycles. The second kappa shape index (κ2) is 16.2. The zero-order valence-electron chi connectivity index (χ0n) is 26.0. The van der Waals surface area contributed by atoms with Crippen LogP contribution in [0.15, 0.2) is 134 Å². The van der Waals surface area contributed by atoms with Crippen molar-refractivity contribution in [2.45, 2.75) is 13.8 Å². The van der Waals surface area contributed by atoms with Crippen LogP contribution in [-0.4, -0.2) is 21.8 Å². The van der Waals surface area contributed by atoms with Crippen molar-refractivity contribution in [3.63, 3.8) is 0 Å². The van der Waals surface area contributed by atoms with Crippen molar-refractivity contribution in [2.75, 3.05) is 10.6 Å². The van der Waals surface area contributed by atoms with E-state index in [1.54, 1.807) is 85.2 Å². The molecule has 0 spiro atoms. The van der Waals surface area contributed by atoms with Crippen molar-refractivity contribution >= 4 is 46.4 Å². The number of ether oxygens (including phenoxy) is 2. The van der Waals surface area contributed by atoms with Crippen LogP contribution in [0, 0.1) is 13.8 Å². The second-order valence-electron chi connectivity index (χ2n) is 10.4. The van der Waals surface area contributed by atoms with Crippen LogP contribution in [0.25, 0.3) is 0 Å². The van der Waals surface area contributed by atoms with Gasteiger partial charge in [-0.2, -0.15) is 0 Å². The number of pyridine rings is 2. The normalized spacial score (nSPS) is 10.2. The fourth-order valence-electron chi connectivity index (χ4n) is 4.30. The molecule has 0 unspecified atom stereocenters. The van der Waals surface area contributed by atoms with Crippen LogP contribution in [-0.2, 0) is 0 Å². The Morgan fingerprint density at radius 2 is 1.15 bits per heavy atom. The molecule has 4 aromatic carbocycles. The first-order valence-electron chi connectivity index (χ1n) is 14.8. The third-order valence-corrected chi connectivity index (χ3v) is 7.13. The first kappa shape index (κ1) is 33.7. The lowest BCUT2D eigenvalue weighted by Crippen LogP contribution is -2.11. The number of nitrogens with zero attached hydrogens (tertiary/aromatic N) is 2. The third kappa shape index (κ3) is 9.90. The van der Waals surface area contributed by atoms with Gasteiger partial charge in [0.1, 0.15) is 23.0 Å². The predicted octanol–water partition coefficient (Wildman–Crippen LogP) is 10.2. The van der Waals surface area contributed by atoms with Gasteiger partial charge < -0.3 is 20.1 Å². The highest BCUT2D eigenvalue weighted by atomic mass is 35.5. The van der Waals surface area contributed by atoms with E-state index in [1.807, 2.05) is 62.4 Å². The van der Waals surface area contributed by atoms with E-state index >= 15 is 0 Å². The molecule has 6 aromatic rings. The molecule has 48 heavy (non-hydrogen) atoms. The monoisotopic (exact) mass is 676 g/mol. The van der Waals surface area contributed by atoms with E-state index in [1.165, 1.54) is 0 Å². The van der Waals surface area contributed by atoms with Crippen LogP contribution < -0.4 is 20.1 Å². The summed E-state index contributed by atoms with van der Waals surface area (Å²) < 4.78 is 11.6. The SMILES string of the molecule is Cc1ccc(Oc2cccc(NC(=O)c3cccc(Cl)c3)c2)cn1.Cc1ncccc1Oc1cccc(NC(=O)c2cccc(Cl)c2)c1. The van der Waals surface area contributed by atoms with E-state index < -0.39 is 0 Å². The molecule has 8 nitrogen and oxygen atoms in total. The molecule has 2 aromatic heterocycles. The minimum atomic E-state index is -0.230. The number of anilines is 2. The Labute approximate surface area is 288 Å². The van der Waals surface area contributed by atoms with Crippen molar-refractivity contribution in [2.24, 2.45) is 0 Å². The van der Waals surface area contributed by atoms with Crippen LogP contribution in [0.2, 0.25) is 10.0 Å². The van der Waals surface area contributed by atoms with Gasteiger partial charge in [-0.25, -0.2) is 0 Å². The van der Waals surface area contributed by atoms with E-state index in [-0.39, 0.29) is 11.8 Å². The molecule has 2 amide bonds. The lowest BCUT2D eigenvalue weighted by atomic mass is 10.2. The van der Waals surface area contributed by atoms with Crippen LogP contribution in [0.3, 0.4) is 0 Å². The topological polar surface area (TPSA) is 102 Å². The highest BCUT2D eigenvalue weighted by Crippen LogP contribution is 2.27. The van der Waals surface area contributed by atoms with Gasteiger partial charge >= 0.3 is 0 Å². The van der Waals surface area contributed by atoms with Gasteiger partial charge in [-0.05, 0) is 98.8 Å². The van der Waals surface area contributed by atoms with Crippen molar-refractivity contribution < 1.29 is 19.1 Å². The summed E-state index contributed by atoms with van der Waals surface area (Å²) in [5.74, 6) is 2.09. The van der Waals surface area contributed by atoms with Gasteiger partial charge in [0.25, 0.3) is 11.8 Å². The minimum Gasteiger partial charge on any atom is -0.456 e. The molecule has 6 rings (SSSR count). The van der Waals surface area contributed by atoms with E-state index in [0.29, 0.717) is 55.5 Å². The molecule has 0 bridgehead atoms. The largest absolute Gasteiger partial charge is 0.456 e. The summed E-state index contributed by atoms with van der Waals surface area (Å²) in [5, 5.41) is 6.70. The Morgan fingerprint density at radius 1 is 0.583 bits per heavy atom. The van der Waals surface area contributed by atoms with Crippen molar-refractivity contribution in [3.8, 4) is 23.0 Å². The highest BCUT2D eigenvalue weighted by molar-refractivity contribution is 6.31. The number of rotatable bonds is 8. The number of aromatic nitrogens is 2. The van der Waals surface area contributed by atoms with Gasteiger partial charge in [0.2, 0.25) is 0 Å². The van der Waals surface area contributed by atoms with E-state index in [0.717, 1.165) is 11.4 Å². The highest BCUT2D eigenvalue weighted by Gasteiger charge is 2.09. The van der Waals surface area contributed by atoms with Gasteiger partial charge in [0.15, 0.2) is 0 Å². The fraction of sp³-hybridized carbons (Fsp3) is 0.0526. The standard InChI is InChI=1S/2C19H15ClN2O2/c1-13-18(9-4-10-21-13)24-17-8-3-7-16(12-17)22-19(23)14-5-2-6-15(20)11-14;1-13-8-9-18(12-21-13)24-17-7-3-6-16(11-17)22-19(23)14-4-2-5-15(20)10-14/h2*2-12H,1H3,(H,22,23). The quantitative estimate of drug-likeness (QED) is 0.166. The van der Waals surface area contributed by atoms with Gasteiger partial charge in [-0.3, -0.25) is 19.6 Å². The summed E-state index contributed by atoms with van der Waals surface area (Å²) in [7, 11) is 0. The third-order valence-electron chi connectivity index (χ3n) is 6.66. The predicted molar refractivity (Wildman–Crippen MR) is 190 cm³/mol. The Morgan fingerprint density at radius 3 is 1.67 bits per heavy atom. The first-order chi connectivity index (χ1) is 23.2. The Bertz CT molecular complexity index is 2040. The van der Waals surface area contributed by atoms with Crippen molar-refractivity contribution in [1.82, 2.24) is 9.97 Å². The smallest absolute Gasteiger partial charge is 0.255 e. The van der Waals surface area contributed by atoms with Crippen molar-refractivity contribution in [1.29, 1.82) is 0 Å². The van der Waals surface area contributed by atoms with Crippen LogP contribution in [0.5, 0.6) is 23.0 Å². The number of nitrogens with one attached hydrogen (secondary N) is 2. The average Bonchev–Trinajstić information content (AvgIpc) is 3.07. The maximum atomic E-state index is 12.3. The lowest BCUT2D eigenvalue weighted by Gasteiger charge is -2.10. The molecule has 0 radical (unpaired) electrons. The Kier molecular flexibility index (Phi) is 11.4. The molecule has 0 fully saturated rings. The summed E-state index contributed by atoms with van der Waals surface area (Å²) in [5.41, 5.74) is 3.99. The van der Waals surface area contributed by atoms with Crippen LogP contribution >= 0.6 is 23.2 Å². The molecule has 2 N–H and O–H groups in total. The van der Waals surface area contributed by atoms with E-state index in [9.17, 15) is 9.59 Å². The average molecular weight is 678 g/mol. The second-order valence-corrected chi connectivity index (χ2v) is 11.3. The summed E-state index contributed by atoms with van der Waals surface area (Å²) in [4.78, 5) is 32.9. The number of carbonyl (C=O) groups is 2. The Balaban J connectivity index is 0.000000188. The summed E-state index contributed by atoms with van der Waals surface area (Å²) in [6.07, 6.45) is 3.37. The van der Waals surface area contributed by atoms with Crippen LogP contribution in [0.1, 0.15) is 32.1 Å². The maximum Gasteiger partial charge on any atom is 0.255 e. The molecule has 0 saturated heterocycles. The summed E-state index contributed by atoms with van der Waals surface area (Å²) in [6, 6.07) is 35.3. The van der Waals surface area contributed by atoms with E-state index in [4.69, 9.17) is 32.7 Å². The number of amides is 2. The van der Waals surface area contributed by atoms with Gasteiger partial charge in [-0.1, -0.05) is 47.5 Å². The molecule has 0 saturated carbocycles. The molecule has 0 aliphatic rings. The molecular formula is C38H30Cl2N4O4. The molecule has 240 valence electrons. The number of halogens is 2. The molecule has 2 heterocycles. The zero-order valence-corrected chi connectivity index (χ0v) is 27.5. The summed E-state index contributed by atoms with van der Waals surface area (Å²) >= 11 is 11.8. The number of hydrogen-bond acceptors (Lipinski definition) is 6. The number of aryl methyl sites for hydroxylation is 2. The lowest BCUT2D eigenvalue weighted by molar-refractivity contribution is 0.101. The number of hydrogen-bond donors (Lipinski definition) is 2. The molecular weight excluding hydrogens is 647 g/mol. The minimum absolute atomic E-state index is 0.229. The maximum absolute atomic E-state index is 12.3. The summed E-state index contributed by atoms with van der Waals surface area (Å²) in [6.45, 7) is 3.79. The zero-order chi connectivity index (χ0) is 33.9.